The average Bonchev–Trinajstić information content (AvgIpc) is 3.53. The van der Waals surface area contributed by atoms with Crippen molar-refractivity contribution in [3.8, 4) is 11.4 Å². The molecule has 0 saturated carbocycles. The molecular formula is C21H26N10O2. The number of hydrogen-bond donors (Lipinski definition) is 3. The van der Waals surface area contributed by atoms with E-state index in [9.17, 15) is 9.59 Å². The number of hydrogen-bond acceptors (Lipinski definition) is 9. The number of amides is 2. The van der Waals surface area contributed by atoms with Gasteiger partial charge in [0.05, 0.1) is 11.9 Å². The molecule has 0 spiro atoms. The normalized spacial score (nSPS) is 14.1. The van der Waals surface area contributed by atoms with Crippen LogP contribution in [-0.4, -0.2) is 68.5 Å². The summed E-state index contributed by atoms with van der Waals surface area (Å²) in [5.41, 5.74) is 0.915. The first-order valence-corrected chi connectivity index (χ1v) is 10.7. The predicted octanol–water partition coefficient (Wildman–Crippen LogP) is 1.33. The summed E-state index contributed by atoms with van der Waals surface area (Å²) in [4.78, 5) is 49.1. The molecule has 1 saturated heterocycles. The summed E-state index contributed by atoms with van der Waals surface area (Å²) in [6, 6.07) is 0.883. The molecule has 1 fully saturated rings. The molecule has 1 atom stereocenters. The summed E-state index contributed by atoms with van der Waals surface area (Å²) < 4.78 is 1.51. The fourth-order valence-electron chi connectivity index (χ4n) is 3.62. The molecule has 33 heavy (non-hydrogen) atoms. The van der Waals surface area contributed by atoms with Crippen molar-refractivity contribution in [3.63, 3.8) is 0 Å². The second-order valence-corrected chi connectivity index (χ2v) is 7.57. The van der Waals surface area contributed by atoms with Crippen molar-refractivity contribution in [2.45, 2.75) is 25.8 Å². The highest BCUT2D eigenvalue weighted by molar-refractivity contribution is 5.99. The van der Waals surface area contributed by atoms with Crippen LogP contribution in [0, 0.1) is 0 Å². The Bertz CT molecular complexity index is 1140. The molecule has 3 aromatic heterocycles. The lowest BCUT2D eigenvalue weighted by atomic mass is 10.2. The van der Waals surface area contributed by atoms with Gasteiger partial charge in [0.2, 0.25) is 11.9 Å². The first-order chi connectivity index (χ1) is 16.0. The van der Waals surface area contributed by atoms with Crippen LogP contribution >= 0.6 is 0 Å². The molecule has 0 aromatic carbocycles. The maximum atomic E-state index is 12.9. The number of imidazole rings is 1. The van der Waals surface area contributed by atoms with Crippen molar-refractivity contribution in [2.24, 2.45) is 0 Å². The van der Waals surface area contributed by atoms with E-state index in [4.69, 9.17) is 0 Å². The zero-order valence-corrected chi connectivity index (χ0v) is 18.7. The van der Waals surface area contributed by atoms with Crippen molar-refractivity contribution >= 4 is 29.4 Å². The van der Waals surface area contributed by atoms with E-state index in [1.807, 2.05) is 0 Å². The van der Waals surface area contributed by atoms with Crippen LogP contribution in [0.1, 0.15) is 36.3 Å². The quantitative estimate of drug-likeness (QED) is 0.486. The zero-order valence-electron chi connectivity index (χ0n) is 18.7. The van der Waals surface area contributed by atoms with Crippen molar-refractivity contribution in [3.05, 3.63) is 36.7 Å². The minimum atomic E-state index is -0.714. The third kappa shape index (κ3) is 4.59. The third-order valence-electron chi connectivity index (χ3n) is 5.46. The molecule has 1 aliphatic heterocycles. The molecule has 172 valence electrons. The Morgan fingerprint density at radius 2 is 1.79 bits per heavy atom. The van der Waals surface area contributed by atoms with Crippen LogP contribution in [0.3, 0.4) is 0 Å². The number of nitrogens with zero attached hydrogens (tertiary/aromatic N) is 7. The molecule has 0 bridgehead atoms. The maximum Gasteiger partial charge on any atom is 0.271 e. The van der Waals surface area contributed by atoms with E-state index < -0.39 is 6.04 Å². The van der Waals surface area contributed by atoms with Crippen LogP contribution in [-0.2, 0) is 4.79 Å². The molecule has 3 aromatic rings. The summed E-state index contributed by atoms with van der Waals surface area (Å²) in [5.74, 6) is 1.11. The Morgan fingerprint density at radius 1 is 1.06 bits per heavy atom. The Hall–Kier alpha value is -4.09. The highest BCUT2D eigenvalue weighted by Gasteiger charge is 2.24. The largest absolute Gasteiger partial charge is 0.371 e. The summed E-state index contributed by atoms with van der Waals surface area (Å²) in [5, 5.41) is 8.21. The van der Waals surface area contributed by atoms with Gasteiger partial charge in [0, 0.05) is 45.8 Å². The van der Waals surface area contributed by atoms with Gasteiger partial charge in [0.25, 0.3) is 5.91 Å². The second-order valence-electron chi connectivity index (χ2n) is 7.57. The predicted molar refractivity (Wildman–Crippen MR) is 123 cm³/mol. The number of rotatable bonds is 7. The van der Waals surface area contributed by atoms with Crippen LogP contribution < -0.4 is 20.9 Å². The zero-order chi connectivity index (χ0) is 23.4. The average molecular weight is 451 g/mol. The molecule has 12 nitrogen and oxygen atoms in total. The van der Waals surface area contributed by atoms with E-state index in [1.54, 1.807) is 38.6 Å². The Kier molecular flexibility index (Phi) is 6.43. The van der Waals surface area contributed by atoms with E-state index in [0.717, 1.165) is 25.9 Å². The van der Waals surface area contributed by atoms with Gasteiger partial charge in [-0.3, -0.25) is 9.59 Å². The van der Waals surface area contributed by atoms with E-state index in [2.05, 4.69) is 45.8 Å². The number of aromatic nitrogens is 6. The van der Waals surface area contributed by atoms with E-state index in [-0.39, 0.29) is 17.5 Å². The highest BCUT2D eigenvalue weighted by atomic mass is 16.2. The van der Waals surface area contributed by atoms with Gasteiger partial charge in [-0.05, 0) is 25.8 Å². The Labute approximate surface area is 190 Å². The smallest absolute Gasteiger partial charge is 0.271 e. The van der Waals surface area contributed by atoms with Gasteiger partial charge in [-0.2, -0.15) is 0 Å². The molecule has 2 amide bonds. The maximum absolute atomic E-state index is 12.9. The fourth-order valence-corrected chi connectivity index (χ4v) is 3.62. The van der Waals surface area contributed by atoms with Gasteiger partial charge < -0.3 is 25.4 Å². The summed E-state index contributed by atoms with van der Waals surface area (Å²) >= 11 is 0. The Morgan fingerprint density at radius 3 is 2.45 bits per heavy atom. The molecule has 0 radical (unpaired) electrons. The number of carbonyl (C=O) groups is 2. The van der Waals surface area contributed by atoms with E-state index >= 15 is 0 Å². The van der Waals surface area contributed by atoms with E-state index in [0.29, 0.717) is 29.0 Å². The number of nitrogens with one attached hydrogen (secondary N) is 3. The third-order valence-corrected chi connectivity index (χ3v) is 5.46. The fraction of sp³-hybridized carbons (Fsp3) is 0.381. The Balaban J connectivity index is 1.50. The van der Waals surface area contributed by atoms with Gasteiger partial charge in [0.15, 0.2) is 17.3 Å². The molecule has 4 heterocycles. The minimum Gasteiger partial charge on any atom is -0.371 e. The van der Waals surface area contributed by atoms with Crippen molar-refractivity contribution < 1.29 is 9.59 Å². The van der Waals surface area contributed by atoms with Gasteiger partial charge in [-0.1, -0.05) is 0 Å². The van der Waals surface area contributed by atoms with Crippen LogP contribution in [0.15, 0.2) is 31.0 Å². The first kappa shape index (κ1) is 22.1. The number of carbonyl (C=O) groups excluding carboxylic acids is 2. The minimum absolute atomic E-state index is 0.265. The van der Waals surface area contributed by atoms with Crippen molar-refractivity contribution in [1.82, 2.24) is 34.8 Å². The summed E-state index contributed by atoms with van der Waals surface area (Å²) in [6.45, 7) is 3.60. The lowest BCUT2D eigenvalue weighted by Gasteiger charge is -2.16. The first-order valence-electron chi connectivity index (χ1n) is 10.7. The molecular weight excluding hydrogens is 424 g/mol. The lowest BCUT2D eigenvalue weighted by Crippen LogP contribution is -2.29. The molecule has 4 rings (SSSR count). The molecule has 0 aliphatic carbocycles. The molecule has 1 unspecified atom stereocenters. The SMILES string of the molecule is CNC(=O)c1c(NC)ncn1C(C)C(=O)Nc1ccnc(-c2cnc(N3CCCC3)nc2)n1. The van der Waals surface area contributed by atoms with Crippen LogP contribution in [0.25, 0.3) is 11.4 Å². The van der Waals surface area contributed by atoms with Gasteiger partial charge >= 0.3 is 0 Å². The molecule has 1 aliphatic rings. The van der Waals surface area contributed by atoms with Crippen LogP contribution in [0.5, 0.6) is 0 Å². The van der Waals surface area contributed by atoms with Crippen molar-refractivity contribution in [2.75, 3.05) is 42.7 Å². The van der Waals surface area contributed by atoms with Crippen LogP contribution in [0.4, 0.5) is 17.6 Å². The molecule has 3 N–H and O–H groups in total. The monoisotopic (exact) mass is 450 g/mol. The van der Waals surface area contributed by atoms with Gasteiger partial charge in [-0.25, -0.2) is 24.9 Å². The summed E-state index contributed by atoms with van der Waals surface area (Å²) in [7, 11) is 3.18. The number of anilines is 3. The van der Waals surface area contributed by atoms with E-state index in [1.165, 1.54) is 17.9 Å². The highest BCUT2D eigenvalue weighted by Crippen LogP contribution is 2.21. The molecule has 12 heteroatoms. The standard InChI is InChI=1S/C21H26N10O2/c1-13(31-12-27-18(22-2)16(31)20(33)23-3)19(32)29-15-6-7-24-17(28-15)14-10-25-21(26-11-14)30-8-4-5-9-30/h6-7,10-13,22H,4-5,8-9H2,1-3H3,(H,23,33)(H,24,28,29,32). The van der Waals surface area contributed by atoms with Crippen LogP contribution in [0.2, 0.25) is 0 Å². The lowest BCUT2D eigenvalue weighted by molar-refractivity contribution is -0.118. The van der Waals surface area contributed by atoms with Gasteiger partial charge in [0.1, 0.15) is 11.9 Å². The van der Waals surface area contributed by atoms with Crippen molar-refractivity contribution in [1.29, 1.82) is 0 Å². The van der Waals surface area contributed by atoms with Gasteiger partial charge in [-0.15, -0.1) is 0 Å². The topological polar surface area (TPSA) is 143 Å². The second kappa shape index (κ2) is 9.59. The summed E-state index contributed by atoms with van der Waals surface area (Å²) in [6.07, 6.45) is 8.67.